The number of nitrogens with zero attached hydrogens (tertiary/aromatic N) is 2. The van der Waals surface area contributed by atoms with Crippen molar-refractivity contribution in [1.29, 1.82) is 0 Å². The lowest BCUT2D eigenvalue weighted by Crippen LogP contribution is -1.89. The number of rotatable bonds is 16. The Morgan fingerprint density at radius 3 is 2.21 bits per heavy atom. The fourth-order valence-electron chi connectivity index (χ4n) is 3.54. The minimum Gasteiger partial charge on any atom is -0.508 e. The molecule has 2 aromatic rings. The summed E-state index contributed by atoms with van der Waals surface area (Å²) in [6, 6.07) is 7.07. The summed E-state index contributed by atoms with van der Waals surface area (Å²) in [6.07, 6.45) is 22.8. The van der Waals surface area contributed by atoms with Gasteiger partial charge < -0.3 is 5.11 Å². The van der Waals surface area contributed by atoms with Crippen LogP contribution in [0.4, 0.5) is 0 Å². The van der Waals surface area contributed by atoms with E-state index in [4.69, 9.17) is 0 Å². The quantitative estimate of drug-likeness (QED) is 0.230. The number of unbranched alkanes of at least 4 members (excludes halogenated alkanes) is 11. The minimum atomic E-state index is 0.242. The third-order valence-corrected chi connectivity index (χ3v) is 5.31. The molecule has 1 heterocycles. The molecule has 0 spiro atoms. The monoisotopic (exact) mass is 397 g/mol. The van der Waals surface area contributed by atoms with E-state index in [0.717, 1.165) is 24.2 Å². The molecule has 0 saturated carbocycles. The van der Waals surface area contributed by atoms with Gasteiger partial charge in [0.15, 0.2) is 5.82 Å². The molecule has 2 N–H and O–H groups in total. The van der Waals surface area contributed by atoms with Crippen molar-refractivity contribution in [3.63, 3.8) is 0 Å². The molecular formula is C25H39N3O. The van der Waals surface area contributed by atoms with Crippen molar-refractivity contribution in [1.82, 2.24) is 15.2 Å². The summed E-state index contributed by atoms with van der Waals surface area (Å²) in [5.74, 6) is 1.83. The second kappa shape index (κ2) is 14.8. The number of aromatic amines is 1. The van der Waals surface area contributed by atoms with Crippen LogP contribution in [0.5, 0.6) is 5.75 Å². The molecule has 2 rings (SSSR count). The van der Waals surface area contributed by atoms with E-state index in [9.17, 15) is 5.11 Å². The molecule has 4 heteroatoms. The van der Waals surface area contributed by atoms with Crippen molar-refractivity contribution in [3.05, 3.63) is 42.2 Å². The van der Waals surface area contributed by atoms with Crippen LogP contribution in [0.3, 0.4) is 0 Å². The summed E-state index contributed by atoms with van der Waals surface area (Å²) in [7, 11) is 0. The van der Waals surface area contributed by atoms with Gasteiger partial charge in [-0.1, -0.05) is 82.6 Å². The maximum absolute atomic E-state index is 9.56. The van der Waals surface area contributed by atoms with Crippen LogP contribution in [0, 0.1) is 0 Å². The Morgan fingerprint density at radius 2 is 1.52 bits per heavy atom. The highest BCUT2D eigenvalue weighted by Gasteiger charge is 2.06. The number of H-pyrrole nitrogens is 1. The molecule has 29 heavy (non-hydrogen) atoms. The zero-order valence-corrected chi connectivity index (χ0v) is 18.2. The summed E-state index contributed by atoms with van der Waals surface area (Å²) in [4.78, 5) is 4.54. The fourth-order valence-corrected chi connectivity index (χ4v) is 3.54. The van der Waals surface area contributed by atoms with E-state index in [-0.39, 0.29) is 5.75 Å². The average Bonchev–Trinajstić information content (AvgIpc) is 3.20. The molecule has 160 valence electrons. The highest BCUT2D eigenvalue weighted by Crippen LogP contribution is 2.20. The molecule has 0 fully saturated rings. The van der Waals surface area contributed by atoms with E-state index in [2.05, 4.69) is 34.3 Å². The van der Waals surface area contributed by atoms with Crippen LogP contribution in [0.25, 0.3) is 11.4 Å². The van der Waals surface area contributed by atoms with Gasteiger partial charge in [0.05, 0.1) is 0 Å². The minimum absolute atomic E-state index is 0.242. The number of hydrogen-bond donors (Lipinski definition) is 2. The Labute approximate surface area is 176 Å². The van der Waals surface area contributed by atoms with Crippen molar-refractivity contribution in [3.8, 4) is 17.1 Å². The van der Waals surface area contributed by atoms with Gasteiger partial charge >= 0.3 is 0 Å². The Balaban J connectivity index is 1.44. The van der Waals surface area contributed by atoms with Gasteiger partial charge in [0.1, 0.15) is 11.6 Å². The lowest BCUT2D eigenvalue weighted by Gasteiger charge is -2.00. The number of allylic oxidation sites excluding steroid dienone is 2. The molecular weight excluding hydrogens is 358 g/mol. The summed E-state index contributed by atoms with van der Waals surface area (Å²) in [6.45, 7) is 2.27. The normalized spacial score (nSPS) is 11.5. The van der Waals surface area contributed by atoms with Crippen molar-refractivity contribution in [2.45, 2.75) is 96.8 Å². The predicted octanol–water partition coefficient (Wildman–Crippen LogP) is 7.37. The van der Waals surface area contributed by atoms with Gasteiger partial charge in [-0.3, -0.25) is 5.10 Å². The number of phenolic OH excluding ortho intramolecular Hbond substituents is 1. The van der Waals surface area contributed by atoms with Crippen molar-refractivity contribution >= 4 is 0 Å². The van der Waals surface area contributed by atoms with E-state index in [1.165, 1.54) is 77.0 Å². The van der Waals surface area contributed by atoms with Gasteiger partial charge in [-0.25, -0.2) is 4.98 Å². The van der Waals surface area contributed by atoms with Gasteiger partial charge in [0.2, 0.25) is 0 Å². The van der Waals surface area contributed by atoms with Crippen molar-refractivity contribution < 1.29 is 5.11 Å². The van der Waals surface area contributed by atoms with Crippen LogP contribution >= 0.6 is 0 Å². The summed E-state index contributed by atoms with van der Waals surface area (Å²) < 4.78 is 0. The Morgan fingerprint density at radius 1 is 0.862 bits per heavy atom. The molecule has 0 bridgehead atoms. The van der Waals surface area contributed by atoms with Gasteiger partial charge in [0.25, 0.3) is 0 Å². The van der Waals surface area contributed by atoms with Crippen molar-refractivity contribution in [2.24, 2.45) is 0 Å². The van der Waals surface area contributed by atoms with Crippen LogP contribution in [-0.2, 0) is 6.42 Å². The van der Waals surface area contributed by atoms with Crippen LogP contribution in [0.2, 0.25) is 0 Å². The smallest absolute Gasteiger partial charge is 0.181 e. The van der Waals surface area contributed by atoms with Crippen LogP contribution in [0.15, 0.2) is 36.4 Å². The molecule has 0 radical (unpaired) electrons. The molecule has 0 aliphatic heterocycles. The van der Waals surface area contributed by atoms with E-state index < -0.39 is 0 Å². The standard InChI is InChI=1S/C25H39N3O/c1-2-3-4-5-6-7-8-9-10-11-12-13-14-15-16-20-24-26-25(28-27-24)22-18-17-19-23(29)21-22/h9-10,17-19,21,29H,2-8,11-16,20H2,1H3,(H,26,27,28)/b10-9-. The van der Waals surface area contributed by atoms with Gasteiger partial charge in [-0.05, 0) is 44.2 Å². The average molecular weight is 398 g/mol. The van der Waals surface area contributed by atoms with Crippen LogP contribution in [0.1, 0.15) is 96.2 Å². The zero-order valence-electron chi connectivity index (χ0n) is 18.2. The summed E-state index contributed by atoms with van der Waals surface area (Å²) in [5.41, 5.74) is 0.844. The number of benzene rings is 1. The number of aromatic hydroxyl groups is 1. The van der Waals surface area contributed by atoms with Gasteiger partial charge in [0, 0.05) is 12.0 Å². The third kappa shape index (κ3) is 10.3. The Bertz CT molecular complexity index is 693. The Hall–Kier alpha value is -2.10. The lowest BCUT2D eigenvalue weighted by atomic mass is 10.1. The second-order valence-electron chi connectivity index (χ2n) is 7.99. The zero-order chi connectivity index (χ0) is 20.6. The molecule has 1 aromatic carbocycles. The van der Waals surface area contributed by atoms with E-state index in [1.54, 1.807) is 12.1 Å². The number of hydrogen-bond acceptors (Lipinski definition) is 3. The molecule has 0 amide bonds. The lowest BCUT2D eigenvalue weighted by molar-refractivity contribution is 0.475. The number of nitrogens with one attached hydrogen (secondary N) is 1. The van der Waals surface area contributed by atoms with Gasteiger partial charge in [-0.15, -0.1) is 0 Å². The molecule has 4 nitrogen and oxygen atoms in total. The molecule has 0 saturated heterocycles. The SMILES string of the molecule is CCCCCCCC/C=C\CCCCCCCc1nc(-c2cccc(O)c2)n[nH]1. The highest BCUT2D eigenvalue weighted by atomic mass is 16.3. The first kappa shape index (κ1) is 23.2. The fraction of sp³-hybridized carbons (Fsp3) is 0.600. The first-order valence-corrected chi connectivity index (χ1v) is 11.6. The summed E-state index contributed by atoms with van der Waals surface area (Å²) in [5, 5.41) is 16.8. The van der Waals surface area contributed by atoms with Crippen molar-refractivity contribution in [2.75, 3.05) is 0 Å². The third-order valence-electron chi connectivity index (χ3n) is 5.31. The number of aryl methyl sites for hydroxylation is 1. The van der Waals surface area contributed by atoms with Crippen LogP contribution in [-0.4, -0.2) is 20.3 Å². The molecule has 0 atom stereocenters. The maximum atomic E-state index is 9.56. The maximum Gasteiger partial charge on any atom is 0.181 e. The molecule has 0 aliphatic rings. The first-order chi connectivity index (χ1) is 14.3. The van der Waals surface area contributed by atoms with Gasteiger partial charge in [-0.2, -0.15) is 5.10 Å². The summed E-state index contributed by atoms with van der Waals surface area (Å²) >= 11 is 0. The Kier molecular flexibility index (Phi) is 11.9. The molecule has 1 aromatic heterocycles. The second-order valence-corrected chi connectivity index (χ2v) is 7.99. The van der Waals surface area contributed by atoms with E-state index >= 15 is 0 Å². The highest BCUT2D eigenvalue weighted by molar-refractivity contribution is 5.56. The van der Waals surface area contributed by atoms with E-state index in [0.29, 0.717) is 5.82 Å². The first-order valence-electron chi connectivity index (χ1n) is 11.6. The number of aromatic nitrogens is 3. The van der Waals surface area contributed by atoms with Crippen LogP contribution < -0.4 is 0 Å². The molecule has 0 unspecified atom stereocenters. The van der Waals surface area contributed by atoms with E-state index in [1.807, 2.05) is 12.1 Å². The number of phenols is 1. The topological polar surface area (TPSA) is 61.8 Å². The largest absolute Gasteiger partial charge is 0.508 e. The molecule has 0 aliphatic carbocycles. The predicted molar refractivity (Wildman–Crippen MR) is 122 cm³/mol.